The molecule has 0 bridgehead atoms. The van der Waals surface area contributed by atoms with Crippen molar-refractivity contribution in [2.45, 2.75) is 37.9 Å². The van der Waals surface area contributed by atoms with Gasteiger partial charge in [0.1, 0.15) is 5.78 Å². The molecule has 66 valence electrons. The monoisotopic (exact) mass is 174 g/mol. The molecule has 0 saturated heterocycles. The molecule has 11 heavy (non-hydrogen) atoms. The molecule has 0 aromatic carbocycles. The summed E-state index contributed by atoms with van der Waals surface area (Å²) in [6.07, 6.45) is 6.44. The Bertz CT molecular complexity index is 134. The smallest absolute Gasteiger partial charge is 0.132 e. The molecule has 1 nitrogen and oxygen atoms in total. The summed E-state index contributed by atoms with van der Waals surface area (Å²) in [5, 5.41) is 0.896. The van der Waals surface area contributed by atoms with Crippen molar-refractivity contribution in [1.29, 1.82) is 0 Å². The van der Waals surface area contributed by atoms with Gasteiger partial charge < -0.3 is 0 Å². The van der Waals surface area contributed by atoms with E-state index in [1.165, 1.54) is 18.6 Å². The summed E-state index contributed by atoms with van der Waals surface area (Å²) >= 11 is 0. The quantitative estimate of drug-likeness (QED) is 0.635. The fraction of sp³-hybridized carbons (Fsp3) is 0.889. The minimum atomic E-state index is 0.232. The van der Waals surface area contributed by atoms with Gasteiger partial charge in [-0.1, -0.05) is 6.92 Å². The fourth-order valence-electron chi connectivity index (χ4n) is 1.62. The van der Waals surface area contributed by atoms with E-state index in [1.54, 1.807) is 0 Å². The van der Waals surface area contributed by atoms with Crippen LogP contribution >= 0.6 is 10.9 Å². The molecule has 0 aromatic rings. The first-order chi connectivity index (χ1) is 5.24. The van der Waals surface area contributed by atoms with E-state index in [9.17, 15) is 4.79 Å². The number of Topliss-reactive ketones (excluding diaryl/α,β-unsaturated/α-hetero) is 1. The molecule has 0 aliphatic heterocycles. The summed E-state index contributed by atoms with van der Waals surface area (Å²) in [5.41, 5.74) is 0. The van der Waals surface area contributed by atoms with E-state index in [0.717, 1.165) is 18.1 Å². The maximum atomic E-state index is 10.9. The zero-order chi connectivity index (χ0) is 8.27. The highest BCUT2D eigenvalue weighted by molar-refractivity contribution is 8.16. The van der Waals surface area contributed by atoms with Gasteiger partial charge in [-0.3, -0.25) is 15.7 Å². The Kier molecular flexibility index (Phi) is 3.44. The van der Waals surface area contributed by atoms with Crippen molar-refractivity contribution < 1.29 is 4.79 Å². The molecule has 0 N–H and O–H groups in total. The lowest BCUT2D eigenvalue weighted by Crippen LogP contribution is -2.18. The van der Waals surface area contributed by atoms with Crippen LogP contribution in [0, 0.1) is 0 Å². The van der Waals surface area contributed by atoms with Crippen LogP contribution in [0.3, 0.4) is 0 Å². The zero-order valence-electron chi connectivity index (χ0n) is 7.47. The van der Waals surface area contributed by atoms with Gasteiger partial charge in [-0.2, -0.15) is 0 Å². The van der Waals surface area contributed by atoms with Crippen LogP contribution in [0.1, 0.15) is 32.6 Å². The summed E-state index contributed by atoms with van der Waals surface area (Å²) in [6.45, 7) is 2.27. The third-order valence-electron chi connectivity index (χ3n) is 2.63. The number of carbonyl (C=O) groups excluding carboxylic acids is 1. The van der Waals surface area contributed by atoms with Gasteiger partial charge in [0.2, 0.25) is 0 Å². The van der Waals surface area contributed by atoms with E-state index in [1.807, 2.05) is 0 Å². The van der Waals surface area contributed by atoms with Crippen LogP contribution in [0.4, 0.5) is 0 Å². The second-order valence-corrected chi connectivity index (χ2v) is 6.22. The van der Waals surface area contributed by atoms with Gasteiger partial charge in [0, 0.05) is 12.8 Å². The molecular formula is C9H18OS. The first kappa shape index (κ1) is 9.11. The standard InChI is InChI=1S/C9H18OS/c1-3-11(2)9-6-4-8(10)5-7-9/h9,11H,3-7H2,1-2H3. The highest BCUT2D eigenvalue weighted by Crippen LogP contribution is 2.35. The summed E-state index contributed by atoms with van der Waals surface area (Å²) in [7, 11) is 0.232. The van der Waals surface area contributed by atoms with Gasteiger partial charge in [0.05, 0.1) is 0 Å². The summed E-state index contributed by atoms with van der Waals surface area (Å²) in [5.74, 6) is 1.81. The Hall–Kier alpha value is 0.0200. The predicted octanol–water partition coefficient (Wildman–Crippen LogP) is 2.15. The molecule has 1 atom stereocenters. The second-order valence-electron chi connectivity index (χ2n) is 3.34. The summed E-state index contributed by atoms with van der Waals surface area (Å²) in [6, 6.07) is 0. The molecule has 0 radical (unpaired) electrons. The lowest BCUT2D eigenvalue weighted by atomic mass is 9.99. The molecule has 0 aromatic heterocycles. The van der Waals surface area contributed by atoms with E-state index < -0.39 is 0 Å². The minimum Gasteiger partial charge on any atom is -0.300 e. The van der Waals surface area contributed by atoms with Crippen molar-refractivity contribution >= 4 is 16.7 Å². The van der Waals surface area contributed by atoms with Gasteiger partial charge in [0.25, 0.3) is 0 Å². The van der Waals surface area contributed by atoms with Gasteiger partial charge >= 0.3 is 0 Å². The molecule has 0 heterocycles. The number of rotatable bonds is 2. The Labute approximate surface area is 71.9 Å². The van der Waals surface area contributed by atoms with E-state index in [4.69, 9.17) is 0 Å². The average Bonchev–Trinajstić information content (AvgIpc) is 2.05. The molecule has 1 rings (SSSR count). The van der Waals surface area contributed by atoms with Crippen LogP contribution in [-0.2, 0) is 4.79 Å². The van der Waals surface area contributed by atoms with Crippen molar-refractivity contribution in [1.82, 2.24) is 0 Å². The van der Waals surface area contributed by atoms with Gasteiger partial charge in [0.15, 0.2) is 0 Å². The third kappa shape index (κ3) is 2.51. The fourth-order valence-corrected chi connectivity index (χ4v) is 3.28. The maximum Gasteiger partial charge on any atom is 0.132 e. The van der Waals surface area contributed by atoms with E-state index in [-0.39, 0.29) is 10.9 Å². The summed E-state index contributed by atoms with van der Waals surface area (Å²) < 4.78 is 0. The van der Waals surface area contributed by atoms with Gasteiger partial charge in [-0.15, -0.1) is 0 Å². The number of carbonyl (C=O) groups is 1. The number of ketones is 1. The first-order valence-electron chi connectivity index (χ1n) is 4.46. The lowest BCUT2D eigenvalue weighted by molar-refractivity contribution is -0.120. The molecule has 1 saturated carbocycles. The van der Waals surface area contributed by atoms with E-state index >= 15 is 0 Å². The van der Waals surface area contributed by atoms with Crippen molar-refractivity contribution in [3.63, 3.8) is 0 Å². The highest BCUT2D eigenvalue weighted by Gasteiger charge is 2.20. The molecule has 2 heteroatoms. The normalized spacial score (nSPS) is 25.3. The van der Waals surface area contributed by atoms with Gasteiger partial charge in [-0.25, -0.2) is 0 Å². The lowest BCUT2D eigenvalue weighted by Gasteiger charge is -2.29. The third-order valence-corrected chi connectivity index (χ3v) is 5.40. The van der Waals surface area contributed by atoms with Crippen LogP contribution < -0.4 is 0 Å². The molecule has 1 fully saturated rings. The highest BCUT2D eigenvalue weighted by atomic mass is 32.2. The van der Waals surface area contributed by atoms with E-state index in [0.29, 0.717) is 5.78 Å². The topological polar surface area (TPSA) is 17.1 Å². The van der Waals surface area contributed by atoms with Crippen molar-refractivity contribution in [3.05, 3.63) is 0 Å². The second kappa shape index (κ2) is 4.15. The predicted molar refractivity (Wildman–Crippen MR) is 52.7 cm³/mol. The number of hydrogen-bond donors (Lipinski definition) is 1. The molecule has 1 aliphatic carbocycles. The molecule has 1 aliphatic rings. The molecule has 0 amide bonds. The molecule has 1 unspecified atom stereocenters. The Morgan fingerprint density at radius 1 is 1.45 bits per heavy atom. The van der Waals surface area contributed by atoms with Crippen LogP contribution in [0.5, 0.6) is 0 Å². The average molecular weight is 174 g/mol. The first-order valence-corrected chi connectivity index (χ1v) is 6.50. The SMILES string of the molecule is CC[SH](C)C1CCC(=O)CC1. The largest absolute Gasteiger partial charge is 0.300 e. The number of thiol groups is 1. The van der Waals surface area contributed by atoms with E-state index in [2.05, 4.69) is 13.2 Å². The Morgan fingerprint density at radius 3 is 2.45 bits per heavy atom. The van der Waals surface area contributed by atoms with Crippen LogP contribution in [-0.4, -0.2) is 23.0 Å². The maximum absolute atomic E-state index is 10.9. The van der Waals surface area contributed by atoms with Gasteiger partial charge in [-0.05, 0) is 30.1 Å². The number of hydrogen-bond acceptors (Lipinski definition) is 1. The van der Waals surface area contributed by atoms with Crippen LogP contribution in [0.2, 0.25) is 0 Å². The Balaban J connectivity index is 2.32. The van der Waals surface area contributed by atoms with Crippen LogP contribution in [0.25, 0.3) is 0 Å². The van der Waals surface area contributed by atoms with Crippen molar-refractivity contribution in [2.75, 3.05) is 12.0 Å². The molecule has 0 spiro atoms. The molecular weight excluding hydrogens is 156 g/mol. The zero-order valence-corrected chi connectivity index (χ0v) is 8.36. The summed E-state index contributed by atoms with van der Waals surface area (Å²) in [4.78, 5) is 10.9. The van der Waals surface area contributed by atoms with Crippen LogP contribution in [0.15, 0.2) is 0 Å². The minimum absolute atomic E-state index is 0.232. The Morgan fingerprint density at radius 2 is 2.00 bits per heavy atom. The van der Waals surface area contributed by atoms with Crippen molar-refractivity contribution in [3.8, 4) is 0 Å². The van der Waals surface area contributed by atoms with Crippen molar-refractivity contribution in [2.24, 2.45) is 0 Å².